The van der Waals surface area contributed by atoms with Gasteiger partial charge in [0, 0.05) is 24.6 Å². The molecule has 2 aromatic carbocycles. The molecule has 0 aliphatic heterocycles. The summed E-state index contributed by atoms with van der Waals surface area (Å²) in [5.74, 6) is 0.642. The molecule has 3 rings (SSSR count). The van der Waals surface area contributed by atoms with Crippen LogP contribution in [0, 0.1) is 5.92 Å². The number of benzene rings is 2. The lowest BCUT2D eigenvalue weighted by molar-refractivity contribution is -0.149. The Morgan fingerprint density at radius 3 is 2.45 bits per heavy atom. The summed E-state index contributed by atoms with van der Waals surface area (Å²) in [5.41, 5.74) is 0.839. The zero-order chi connectivity index (χ0) is 27.3. The van der Waals surface area contributed by atoms with E-state index in [-0.39, 0.29) is 23.8 Å². The molecule has 0 bridgehead atoms. The van der Waals surface area contributed by atoms with E-state index in [0.717, 1.165) is 24.3 Å². The summed E-state index contributed by atoms with van der Waals surface area (Å²) in [7, 11) is 0. The molecular weight excluding hydrogens is 529 g/mol. The Labute approximate surface area is 235 Å². The number of rotatable bonds is 14. The van der Waals surface area contributed by atoms with Gasteiger partial charge in [-0.05, 0) is 61.6 Å². The molecule has 1 aliphatic rings. The summed E-state index contributed by atoms with van der Waals surface area (Å²) in [6.45, 7) is 3.30. The zero-order valence-electron chi connectivity index (χ0n) is 21.9. The van der Waals surface area contributed by atoms with E-state index in [1.165, 1.54) is 32.1 Å². The molecule has 0 spiro atoms. The highest BCUT2D eigenvalue weighted by molar-refractivity contribution is 6.35. The minimum Gasteiger partial charge on any atom is -0.492 e. The fourth-order valence-corrected chi connectivity index (χ4v) is 5.13. The number of carbonyl (C=O) groups is 2. The van der Waals surface area contributed by atoms with Crippen LogP contribution in [0.25, 0.3) is 0 Å². The van der Waals surface area contributed by atoms with Gasteiger partial charge in [-0.25, -0.2) is 9.59 Å². The fraction of sp³-hybridized carbons (Fsp3) is 0.517. The van der Waals surface area contributed by atoms with Gasteiger partial charge < -0.3 is 24.2 Å². The van der Waals surface area contributed by atoms with E-state index < -0.39 is 18.2 Å². The predicted octanol–water partition coefficient (Wildman–Crippen LogP) is 7.27. The molecular formula is C29H37Cl2NO6. The third kappa shape index (κ3) is 10.0. The minimum atomic E-state index is -0.984. The van der Waals surface area contributed by atoms with Crippen LogP contribution in [0.15, 0.2) is 42.5 Å². The zero-order valence-corrected chi connectivity index (χ0v) is 23.4. The molecule has 38 heavy (non-hydrogen) atoms. The normalized spacial score (nSPS) is 14.6. The second kappa shape index (κ2) is 15.8. The van der Waals surface area contributed by atoms with Crippen molar-refractivity contribution in [1.82, 2.24) is 4.90 Å². The summed E-state index contributed by atoms with van der Waals surface area (Å²) in [6.07, 6.45) is 7.34. The Morgan fingerprint density at radius 1 is 1.05 bits per heavy atom. The second-order valence-electron chi connectivity index (χ2n) is 9.55. The number of ether oxygens (including phenoxy) is 3. The molecule has 208 valence electrons. The number of halogens is 2. The van der Waals surface area contributed by atoms with Gasteiger partial charge in [0.25, 0.3) is 0 Å². The summed E-state index contributed by atoms with van der Waals surface area (Å²) >= 11 is 12.2. The van der Waals surface area contributed by atoms with E-state index in [4.69, 9.17) is 37.4 Å². The maximum atomic E-state index is 13.0. The van der Waals surface area contributed by atoms with Crippen LogP contribution in [0.3, 0.4) is 0 Å². The Morgan fingerprint density at radius 2 is 1.79 bits per heavy atom. The number of aliphatic carboxylic acids is 1. The quantitative estimate of drug-likeness (QED) is 0.259. The van der Waals surface area contributed by atoms with Crippen LogP contribution < -0.4 is 9.47 Å². The highest BCUT2D eigenvalue weighted by Crippen LogP contribution is 2.29. The first kappa shape index (κ1) is 30.1. The summed E-state index contributed by atoms with van der Waals surface area (Å²) in [4.78, 5) is 26.0. The molecule has 1 aliphatic carbocycles. The fourth-order valence-electron chi connectivity index (χ4n) is 4.69. The van der Waals surface area contributed by atoms with Gasteiger partial charge >= 0.3 is 12.1 Å². The van der Waals surface area contributed by atoms with Gasteiger partial charge in [-0.2, -0.15) is 0 Å². The topological polar surface area (TPSA) is 85.3 Å². The average molecular weight is 567 g/mol. The average Bonchev–Trinajstić information content (AvgIpc) is 2.90. The molecule has 9 heteroatoms. The number of carboxylic acid groups (broad SMARTS) is 1. The largest absolute Gasteiger partial charge is 0.492 e. The molecule has 1 amide bonds. The van der Waals surface area contributed by atoms with Gasteiger partial charge in [0.1, 0.15) is 12.4 Å². The molecule has 1 saturated carbocycles. The molecule has 1 unspecified atom stereocenters. The number of carbonyl (C=O) groups excluding carboxylic acids is 1. The lowest BCUT2D eigenvalue weighted by Crippen LogP contribution is -2.37. The minimum absolute atomic E-state index is 0.265. The first-order valence-electron chi connectivity index (χ1n) is 13.3. The molecule has 1 fully saturated rings. The van der Waals surface area contributed by atoms with Gasteiger partial charge in [-0.1, -0.05) is 67.4 Å². The van der Waals surface area contributed by atoms with Crippen LogP contribution in [0.2, 0.25) is 10.0 Å². The summed E-state index contributed by atoms with van der Waals surface area (Å²) < 4.78 is 16.8. The van der Waals surface area contributed by atoms with E-state index in [0.29, 0.717) is 30.5 Å². The number of nitrogens with zero attached hydrogens (tertiary/aromatic N) is 1. The molecule has 7 nitrogen and oxygen atoms in total. The van der Waals surface area contributed by atoms with Crippen LogP contribution in [0.4, 0.5) is 4.79 Å². The second-order valence-corrected chi connectivity index (χ2v) is 10.4. The van der Waals surface area contributed by atoms with E-state index in [1.807, 2.05) is 12.1 Å². The molecule has 2 aromatic rings. The van der Waals surface area contributed by atoms with Crippen LogP contribution >= 0.6 is 23.2 Å². The van der Waals surface area contributed by atoms with Crippen LogP contribution in [-0.2, 0) is 16.0 Å². The number of carboxylic acids is 1. The summed E-state index contributed by atoms with van der Waals surface area (Å²) in [5, 5.41) is 10.0. The van der Waals surface area contributed by atoms with E-state index in [1.54, 1.807) is 42.2 Å². The van der Waals surface area contributed by atoms with Crippen molar-refractivity contribution in [1.29, 1.82) is 0 Å². The third-order valence-corrected chi connectivity index (χ3v) is 7.26. The van der Waals surface area contributed by atoms with E-state index >= 15 is 0 Å². The van der Waals surface area contributed by atoms with Crippen molar-refractivity contribution in [3.63, 3.8) is 0 Å². The number of amides is 1. The summed E-state index contributed by atoms with van der Waals surface area (Å²) in [6, 6.07) is 12.0. The van der Waals surface area contributed by atoms with Crippen molar-refractivity contribution in [2.24, 2.45) is 5.92 Å². The van der Waals surface area contributed by atoms with Gasteiger partial charge in [-0.15, -0.1) is 0 Å². The van der Waals surface area contributed by atoms with Gasteiger partial charge in [-0.3, -0.25) is 0 Å². The molecule has 0 aromatic heterocycles. The van der Waals surface area contributed by atoms with Gasteiger partial charge in [0.2, 0.25) is 0 Å². The Kier molecular flexibility index (Phi) is 12.5. The van der Waals surface area contributed by atoms with Crippen molar-refractivity contribution in [2.45, 2.75) is 64.4 Å². The van der Waals surface area contributed by atoms with Crippen molar-refractivity contribution in [3.8, 4) is 11.5 Å². The molecule has 1 atom stereocenters. The monoisotopic (exact) mass is 565 g/mol. The first-order chi connectivity index (χ1) is 18.4. The van der Waals surface area contributed by atoms with Gasteiger partial charge in [0.15, 0.2) is 11.9 Å². The maximum absolute atomic E-state index is 13.0. The molecule has 1 N–H and O–H groups in total. The number of hydrogen-bond acceptors (Lipinski definition) is 5. The highest BCUT2D eigenvalue weighted by atomic mass is 35.5. The first-order valence-corrected chi connectivity index (χ1v) is 14.1. The van der Waals surface area contributed by atoms with Crippen molar-refractivity contribution < 1.29 is 28.9 Å². The van der Waals surface area contributed by atoms with Crippen molar-refractivity contribution in [2.75, 3.05) is 26.3 Å². The van der Waals surface area contributed by atoms with Gasteiger partial charge in [0.05, 0.1) is 11.6 Å². The van der Waals surface area contributed by atoms with E-state index in [9.17, 15) is 14.7 Å². The Bertz CT molecular complexity index is 1030. The standard InChI is InChI=1S/C29H37Cl2NO6/c1-2-36-27(28(33)34)19-22-10-13-24(14-11-22)37-18-17-32(16-6-9-21-7-4-3-5-8-21)29(35)38-26-15-12-23(30)20-25(26)31/h10-15,20-21,27H,2-9,16-19H2,1H3,(H,33,34). The van der Waals surface area contributed by atoms with Crippen LogP contribution in [0.5, 0.6) is 11.5 Å². The van der Waals surface area contributed by atoms with Crippen molar-refractivity contribution in [3.05, 3.63) is 58.1 Å². The highest BCUT2D eigenvalue weighted by Gasteiger charge is 2.20. The van der Waals surface area contributed by atoms with Crippen LogP contribution in [0.1, 0.15) is 57.4 Å². The predicted molar refractivity (Wildman–Crippen MR) is 149 cm³/mol. The number of hydrogen-bond donors (Lipinski definition) is 1. The SMILES string of the molecule is CCOC(Cc1ccc(OCCN(CCCC2CCCCC2)C(=O)Oc2ccc(Cl)cc2Cl)cc1)C(=O)O. The molecule has 0 heterocycles. The smallest absolute Gasteiger partial charge is 0.415 e. The molecule has 0 radical (unpaired) electrons. The lowest BCUT2D eigenvalue weighted by atomic mass is 9.86. The maximum Gasteiger partial charge on any atom is 0.415 e. The lowest BCUT2D eigenvalue weighted by Gasteiger charge is -2.25. The molecule has 0 saturated heterocycles. The third-order valence-electron chi connectivity index (χ3n) is 6.73. The Hall–Kier alpha value is -2.48. The van der Waals surface area contributed by atoms with E-state index in [2.05, 4.69) is 0 Å². The van der Waals surface area contributed by atoms with Crippen molar-refractivity contribution >= 4 is 35.3 Å². The Balaban J connectivity index is 1.55. The van der Waals surface area contributed by atoms with Crippen LogP contribution in [-0.4, -0.2) is 54.5 Å².